The first-order valence-corrected chi connectivity index (χ1v) is 7.22. The molecule has 21 heavy (non-hydrogen) atoms. The van der Waals surface area contributed by atoms with Crippen molar-refractivity contribution in [2.24, 2.45) is 0 Å². The molecule has 4 heteroatoms. The molecule has 2 aromatic rings. The lowest BCUT2D eigenvalue weighted by Crippen LogP contribution is -2.18. The van der Waals surface area contributed by atoms with Gasteiger partial charge in [-0.3, -0.25) is 0 Å². The number of benzene rings is 2. The highest BCUT2D eigenvalue weighted by molar-refractivity contribution is 6.31. The molecular formula is C17H20ClNO2. The first-order chi connectivity index (χ1) is 10.2. The summed E-state index contributed by atoms with van der Waals surface area (Å²) in [4.78, 5) is 0. The second kappa shape index (κ2) is 7.34. The summed E-state index contributed by atoms with van der Waals surface area (Å²) >= 11 is 6.22. The second-order valence-electron chi connectivity index (χ2n) is 4.80. The van der Waals surface area contributed by atoms with Gasteiger partial charge in [0.15, 0.2) is 0 Å². The molecule has 1 atom stereocenters. The maximum Gasteiger partial charge on any atom is 0.123 e. The first-order valence-electron chi connectivity index (χ1n) is 6.84. The molecule has 0 bridgehead atoms. The van der Waals surface area contributed by atoms with E-state index in [1.807, 2.05) is 42.5 Å². The lowest BCUT2D eigenvalue weighted by Gasteiger charge is -2.17. The van der Waals surface area contributed by atoms with Gasteiger partial charge in [-0.05, 0) is 36.8 Å². The van der Waals surface area contributed by atoms with Gasteiger partial charge in [-0.1, -0.05) is 29.8 Å². The van der Waals surface area contributed by atoms with Crippen LogP contribution in [0.2, 0.25) is 5.02 Å². The van der Waals surface area contributed by atoms with E-state index >= 15 is 0 Å². The van der Waals surface area contributed by atoms with Crippen LogP contribution in [0.5, 0.6) is 11.5 Å². The first kappa shape index (κ1) is 15.7. The molecule has 0 fully saturated rings. The number of nitrogens with one attached hydrogen (secondary N) is 1. The number of halogens is 1. The fourth-order valence-electron chi connectivity index (χ4n) is 2.22. The second-order valence-corrected chi connectivity index (χ2v) is 5.21. The largest absolute Gasteiger partial charge is 0.497 e. The number of ether oxygens (including phenoxy) is 2. The molecule has 0 aliphatic rings. The van der Waals surface area contributed by atoms with E-state index in [1.54, 1.807) is 14.2 Å². The Morgan fingerprint density at radius 1 is 1.10 bits per heavy atom. The fourth-order valence-corrected chi connectivity index (χ4v) is 2.52. The van der Waals surface area contributed by atoms with E-state index in [0.29, 0.717) is 6.54 Å². The number of hydrogen-bond donors (Lipinski definition) is 1. The Labute approximate surface area is 130 Å². The molecule has 2 aromatic carbocycles. The van der Waals surface area contributed by atoms with Crippen LogP contribution < -0.4 is 14.8 Å². The zero-order valence-electron chi connectivity index (χ0n) is 12.5. The molecule has 0 unspecified atom stereocenters. The zero-order valence-corrected chi connectivity index (χ0v) is 13.3. The summed E-state index contributed by atoms with van der Waals surface area (Å²) in [6.07, 6.45) is 0. The highest BCUT2D eigenvalue weighted by Crippen LogP contribution is 2.26. The Hall–Kier alpha value is -1.71. The van der Waals surface area contributed by atoms with Gasteiger partial charge in [0.25, 0.3) is 0 Å². The normalized spacial score (nSPS) is 12.0. The Balaban J connectivity index is 2.10. The number of hydrogen-bond acceptors (Lipinski definition) is 3. The van der Waals surface area contributed by atoms with Crippen LogP contribution in [0.25, 0.3) is 0 Å². The smallest absolute Gasteiger partial charge is 0.123 e. The molecule has 0 radical (unpaired) electrons. The van der Waals surface area contributed by atoms with Crippen molar-refractivity contribution in [3.8, 4) is 11.5 Å². The van der Waals surface area contributed by atoms with Crippen LogP contribution in [-0.2, 0) is 6.54 Å². The molecule has 0 spiro atoms. The van der Waals surface area contributed by atoms with Crippen molar-refractivity contribution in [2.45, 2.75) is 19.5 Å². The van der Waals surface area contributed by atoms with Gasteiger partial charge in [-0.25, -0.2) is 0 Å². The molecule has 0 amide bonds. The lowest BCUT2D eigenvalue weighted by molar-refractivity contribution is 0.395. The van der Waals surface area contributed by atoms with Gasteiger partial charge >= 0.3 is 0 Å². The van der Waals surface area contributed by atoms with E-state index in [9.17, 15) is 0 Å². The van der Waals surface area contributed by atoms with Crippen molar-refractivity contribution in [2.75, 3.05) is 14.2 Å². The maximum absolute atomic E-state index is 6.22. The van der Waals surface area contributed by atoms with Crippen molar-refractivity contribution >= 4 is 11.6 Å². The standard InChI is InChI=1S/C17H20ClNO2/c1-12(15-6-4-5-7-16(15)18)19-11-13-10-14(20-2)8-9-17(13)21-3/h4-10,12,19H,11H2,1-3H3/t12-/m0/s1. The molecule has 0 saturated heterocycles. The van der Waals surface area contributed by atoms with Gasteiger partial charge in [0, 0.05) is 23.2 Å². The summed E-state index contributed by atoms with van der Waals surface area (Å²) in [5, 5.41) is 4.24. The predicted molar refractivity (Wildman–Crippen MR) is 86.3 cm³/mol. The Morgan fingerprint density at radius 2 is 1.86 bits per heavy atom. The van der Waals surface area contributed by atoms with Gasteiger partial charge in [0.05, 0.1) is 14.2 Å². The van der Waals surface area contributed by atoms with Crippen molar-refractivity contribution in [1.29, 1.82) is 0 Å². The number of methoxy groups -OCH3 is 2. The third-order valence-corrected chi connectivity index (χ3v) is 3.80. The van der Waals surface area contributed by atoms with Crippen molar-refractivity contribution < 1.29 is 9.47 Å². The molecule has 1 N–H and O–H groups in total. The van der Waals surface area contributed by atoms with Crippen LogP contribution >= 0.6 is 11.6 Å². The van der Waals surface area contributed by atoms with Crippen LogP contribution in [0.3, 0.4) is 0 Å². The highest BCUT2D eigenvalue weighted by atomic mass is 35.5. The molecule has 112 valence electrons. The Bertz CT molecular complexity index is 601. The van der Waals surface area contributed by atoms with Crippen molar-refractivity contribution in [3.63, 3.8) is 0 Å². The third kappa shape index (κ3) is 3.90. The Kier molecular flexibility index (Phi) is 5.48. The molecular weight excluding hydrogens is 286 g/mol. The highest BCUT2D eigenvalue weighted by Gasteiger charge is 2.10. The predicted octanol–water partition coefficient (Wildman–Crippen LogP) is 4.21. The van der Waals surface area contributed by atoms with Gasteiger partial charge in [0.1, 0.15) is 11.5 Å². The Morgan fingerprint density at radius 3 is 2.52 bits per heavy atom. The summed E-state index contributed by atoms with van der Waals surface area (Å²) in [7, 11) is 3.33. The minimum atomic E-state index is 0.148. The average molecular weight is 306 g/mol. The van der Waals surface area contributed by atoms with Crippen LogP contribution in [0, 0.1) is 0 Å². The van der Waals surface area contributed by atoms with Gasteiger partial charge in [0.2, 0.25) is 0 Å². The molecule has 0 aromatic heterocycles. The van der Waals surface area contributed by atoms with Crippen LogP contribution in [0.15, 0.2) is 42.5 Å². The van der Waals surface area contributed by atoms with Crippen molar-refractivity contribution in [3.05, 3.63) is 58.6 Å². The van der Waals surface area contributed by atoms with Crippen molar-refractivity contribution in [1.82, 2.24) is 5.32 Å². The van der Waals surface area contributed by atoms with E-state index < -0.39 is 0 Å². The number of rotatable bonds is 6. The van der Waals surface area contributed by atoms with E-state index in [-0.39, 0.29) is 6.04 Å². The molecule has 3 nitrogen and oxygen atoms in total. The summed E-state index contributed by atoms with van der Waals surface area (Å²) in [6.45, 7) is 2.76. The fraction of sp³-hybridized carbons (Fsp3) is 0.294. The summed E-state index contributed by atoms with van der Waals surface area (Å²) in [5.41, 5.74) is 2.14. The minimum absolute atomic E-state index is 0.148. The van der Waals surface area contributed by atoms with Crippen LogP contribution in [-0.4, -0.2) is 14.2 Å². The third-order valence-electron chi connectivity index (χ3n) is 3.46. The molecule has 2 rings (SSSR count). The van der Waals surface area contributed by atoms with Gasteiger partial charge in [-0.15, -0.1) is 0 Å². The van der Waals surface area contributed by atoms with E-state index in [2.05, 4.69) is 12.2 Å². The maximum atomic E-state index is 6.22. The van der Waals surface area contributed by atoms with E-state index in [1.165, 1.54) is 0 Å². The molecule has 0 aliphatic carbocycles. The van der Waals surface area contributed by atoms with Crippen LogP contribution in [0.4, 0.5) is 0 Å². The summed E-state index contributed by atoms with van der Waals surface area (Å²) in [5.74, 6) is 1.66. The topological polar surface area (TPSA) is 30.5 Å². The van der Waals surface area contributed by atoms with E-state index in [4.69, 9.17) is 21.1 Å². The molecule has 0 aliphatic heterocycles. The lowest BCUT2D eigenvalue weighted by atomic mass is 10.1. The monoisotopic (exact) mass is 305 g/mol. The quantitative estimate of drug-likeness (QED) is 0.867. The van der Waals surface area contributed by atoms with Gasteiger partial charge in [-0.2, -0.15) is 0 Å². The molecule has 0 saturated carbocycles. The zero-order chi connectivity index (χ0) is 15.2. The average Bonchev–Trinajstić information content (AvgIpc) is 2.52. The summed E-state index contributed by atoms with van der Waals surface area (Å²) in [6, 6.07) is 13.8. The van der Waals surface area contributed by atoms with Gasteiger partial charge < -0.3 is 14.8 Å². The SMILES string of the molecule is COc1ccc(OC)c(CN[C@@H](C)c2ccccc2Cl)c1. The summed E-state index contributed by atoms with van der Waals surface area (Å²) < 4.78 is 10.6. The van der Waals surface area contributed by atoms with Crippen LogP contribution in [0.1, 0.15) is 24.1 Å². The molecule has 0 heterocycles. The minimum Gasteiger partial charge on any atom is -0.497 e. The van der Waals surface area contributed by atoms with E-state index in [0.717, 1.165) is 27.6 Å².